The van der Waals surface area contributed by atoms with Crippen molar-refractivity contribution >= 4 is 29.9 Å². The zero-order valence-corrected chi connectivity index (χ0v) is 17.8. The highest BCUT2D eigenvalue weighted by atomic mass is 127. The standard InChI is InChI=1S/C19H27N5O.HI/c1-15-23-17(25-24-15)10-13-21-18(20-2)22-14-19(11-6-7-12-19)16-8-4-3-5-9-16;/h3-5,8-9H,6-7,10-14H2,1-2H3,(H2,20,21,22);1H. The summed E-state index contributed by atoms with van der Waals surface area (Å²) in [5.41, 5.74) is 1.64. The van der Waals surface area contributed by atoms with Crippen molar-refractivity contribution in [1.82, 2.24) is 20.8 Å². The van der Waals surface area contributed by atoms with E-state index >= 15 is 0 Å². The van der Waals surface area contributed by atoms with Crippen LogP contribution in [0.15, 0.2) is 39.8 Å². The SMILES string of the molecule is CN=C(NCCc1nc(C)no1)NCC1(c2ccccc2)CCCC1.I. The molecule has 6 nitrogen and oxygen atoms in total. The number of hydrogen-bond acceptors (Lipinski definition) is 4. The lowest BCUT2D eigenvalue weighted by molar-refractivity contribution is 0.374. The molecule has 0 amide bonds. The summed E-state index contributed by atoms with van der Waals surface area (Å²) >= 11 is 0. The number of aryl methyl sites for hydroxylation is 1. The smallest absolute Gasteiger partial charge is 0.228 e. The third kappa shape index (κ3) is 5.18. The summed E-state index contributed by atoms with van der Waals surface area (Å²) in [6, 6.07) is 10.9. The summed E-state index contributed by atoms with van der Waals surface area (Å²) in [5, 5.41) is 10.7. The third-order valence-electron chi connectivity index (χ3n) is 4.97. The summed E-state index contributed by atoms with van der Waals surface area (Å²) in [4.78, 5) is 8.55. The van der Waals surface area contributed by atoms with E-state index in [1.807, 2.05) is 6.92 Å². The van der Waals surface area contributed by atoms with Crippen LogP contribution in [0.25, 0.3) is 0 Å². The quantitative estimate of drug-likeness (QED) is 0.386. The zero-order chi connectivity index (χ0) is 17.5. The number of guanidine groups is 1. The highest BCUT2D eigenvalue weighted by Gasteiger charge is 2.35. The van der Waals surface area contributed by atoms with Gasteiger partial charge in [0.1, 0.15) is 0 Å². The molecule has 26 heavy (non-hydrogen) atoms. The van der Waals surface area contributed by atoms with Gasteiger partial charge in [-0.3, -0.25) is 4.99 Å². The maximum absolute atomic E-state index is 5.13. The Kier molecular flexibility index (Phi) is 7.86. The number of hydrogen-bond donors (Lipinski definition) is 2. The first kappa shape index (κ1) is 20.7. The van der Waals surface area contributed by atoms with Crippen molar-refractivity contribution < 1.29 is 4.52 Å². The fourth-order valence-electron chi connectivity index (χ4n) is 3.61. The number of benzene rings is 1. The minimum Gasteiger partial charge on any atom is -0.356 e. The number of aromatic nitrogens is 2. The molecule has 0 spiro atoms. The Morgan fingerprint density at radius 1 is 1.19 bits per heavy atom. The van der Waals surface area contributed by atoms with E-state index in [2.05, 4.69) is 56.1 Å². The summed E-state index contributed by atoms with van der Waals surface area (Å²) in [6.07, 6.45) is 5.72. The molecule has 0 unspecified atom stereocenters. The van der Waals surface area contributed by atoms with Crippen LogP contribution >= 0.6 is 24.0 Å². The second-order valence-electron chi connectivity index (χ2n) is 6.69. The predicted octanol–water partition coefficient (Wildman–Crippen LogP) is 3.22. The molecule has 3 rings (SSSR count). The van der Waals surface area contributed by atoms with Crippen molar-refractivity contribution in [2.45, 2.75) is 44.4 Å². The summed E-state index contributed by atoms with van der Waals surface area (Å²) in [6.45, 7) is 3.43. The van der Waals surface area contributed by atoms with E-state index in [0.717, 1.165) is 12.5 Å². The van der Waals surface area contributed by atoms with E-state index in [9.17, 15) is 0 Å². The van der Waals surface area contributed by atoms with Crippen LogP contribution in [-0.4, -0.2) is 36.2 Å². The molecule has 0 atom stereocenters. The van der Waals surface area contributed by atoms with Crippen LogP contribution < -0.4 is 10.6 Å². The van der Waals surface area contributed by atoms with Crippen LogP contribution in [-0.2, 0) is 11.8 Å². The van der Waals surface area contributed by atoms with Crippen molar-refractivity contribution in [1.29, 1.82) is 0 Å². The number of rotatable bonds is 6. The lowest BCUT2D eigenvalue weighted by Gasteiger charge is -2.30. The Morgan fingerprint density at radius 2 is 1.92 bits per heavy atom. The molecule has 0 bridgehead atoms. The molecule has 2 aromatic rings. The molecule has 1 fully saturated rings. The van der Waals surface area contributed by atoms with Crippen LogP contribution in [0, 0.1) is 6.92 Å². The lowest BCUT2D eigenvalue weighted by atomic mass is 9.79. The van der Waals surface area contributed by atoms with Gasteiger partial charge in [0, 0.05) is 32.0 Å². The van der Waals surface area contributed by atoms with Gasteiger partial charge in [-0.1, -0.05) is 48.3 Å². The molecule has 7 heteroatoms. The number of halogens is 1. The second kappa shape index (κ2) is 9.89. The highest BCUT2D eigenvalue weighted by Crippen LogP contribution is 2.40. The topological polar surface area (TPSA) is 75.3 Å². The number of aliphatic imine (C=N–C) groups is 1. The van der Waals surface area contributed by atoms with Crippen molar-refractivity contribution in [3.8, 4) is 0 Å². The van der Waals surface area contributed by atoms with Crippen LogP contribution in [0.3, 0.4) is 0 Å². The molecular formula is C19H28IN5O. The molecule has 1 aliphatic rings. The minimum atomic E-state index is 0. The average Bonchev–Trinajstić information content (AvgIpc) is 3.28. The minimum absolute atomic E-state index is 0. The lowest BCUT2D eigenvalue weighted by Crippen LogP contribution is -2.45. The van der Waals surface area contributed by atoms with Crippen molar-refractivity contribution in [3.05, 3.63) is 47.6 Å². The molecule has 1 aromatic heterocycles. The molecule has 0 radical (unpaired) electrons. The summed E-state index contributed by atoms with van der Waals surface area (Å²) in [7, 11) is 1.80. The van der Waals surface area contributed by atoms with Gasteiger partial charge >= 0.3 is 0 Å². The first-order valence-corrected chi connectivity index (χ1v) is 9.01. The van der Waals surface area contributed by atoms with Crippen LogP contribution in [0.2, 0.25) is 0 Å². The molecule has 2 N–H and O–H groups in total. The van der Waals surface area contributed by atoms with E-state index in [-0.39, 0.29) is 29.4 Å². The number of nitrogens with zero attached hydrogens (tertiary/aromatic N) is 3. The first-order valence-electron chi connectivity index (χ1n) is 9.01. The Balaban J connectivity index is 0.00000243. The van der Waals surface area contributed by atoms with E-state index in [1.165, 1.54) is 31.2 Å². The Morgan fingerprint density at radius 3 is 2.54 bits per heavy atom. The van der Waals surface area contributed by atoms with Crippen molar-refractivity contribution in [2.75, 3.05) is 20.1 Å². The van der Waals surface area contributed by atoms with Crippen LogP contribution in [0.5, 0.6) is 0 Å². The Labute approximate surface area is 172 Å². The molecule has 1 aliphatic carbocycles. The van der Waals surface area contributed by atoms with Crippen molar-refractivity contribution in [3.63, 3.8) is 0 Å². The van der Waals surface area contributed by atoms with Gasteiger partial charge in [-0.15, -0.1) is 24.0 Å². The fourth-order valence-corrected chi connectivity index (χ4v) is 3.61. The van der Waals surface area contributed by atoms with Gasteiger partial charge in [0.25, 0.3) is 0 Å². The molecule has 0 aliphatic heterocycles. The van der Waals surface area contributed by atoms with E-state index in [4.69, 9.17) is 4.52 Å². The second-order valence-corrected chi connectivity index (χ2v) is 6.69. The van der Waals surface area contributed by atoms with Crippen molar-refractivity contribution in [2.24, 2.45) is 4.99 Å². The van der Waals surface area contributed by atoms with E-state index in [0.29, 0.717) is 24.7 Å². The van der Waals surface area contributed by atoms with Crippen LogP contribution in [0.4, 0.5) is 0 Å². The third-order valence-corrected chi connectivity index (χ3v) is 4.97. The predicted molar refractivity (Wildman–Crippen MR) is 114 cm³/mol. The fraction of sp³-hybridized carbons (Fsp3) is 0.526. The normalized spacial score (nSPS) is 16.2. The van der Waals surface area contributed by atoms with Gasteiger partial charge in [-0.2, -0.15) is 4.98 Å². The van der Waals surface area contributed by atoms with Gasteiger partial charge in [0.15, 0.2) is 11.8 Å². The first-order chi connectivity index (χ1) is 12.2. The maximum atomic E-state index is 5.13. The molecule has 1 saturated carbocycles. The summed E-state index contributed by atoms with van der Waals surface area (Å²) in [5.74, 6) is 2.14. The van der Waals surface area contributed by atoms with Gasteiger partial charge in [-0.25, -0.2) is 0 Å². The monoisotopic (exact) mass is 469 g/mol. The molecule has 1 aromatic carbocycles. The Bertz CT molecular complexity index is 695. The van der Waals surface area contributed by atoms with E-state index in [1.54, 1.807) is 7.05 Å². The average molecular weight is 469 g/mol. The summed E-state index contributed by atoms with van der Waals surface area (Å²) < 4.78 is 5.13. The van der Waals surface area contributed by atoms with Crippen LogP contribution in [0.1, 0.15) is 43.0 Å². The van der Waals surface area contributed by atoms with Gasteiger partial charge in [0.05, 0.1) is 0 Å². The van der Waals surface area contributed by atoms with Gasteiger partial charge in [-0.05, 0) is 25.3 Å². The molecule has 1 heterocycles. The Hall–Kier alpha value is -1.64. The highest BCUT2D eigenvalue weighted by molar-refractivity contribution is 14.0. The molecular weight excluding hydrogens is 441 g/mol. The zero-order valence-electron chi connectivity index (χ0n) is 15.5. The maximum Gasteiger partial charge on any atom is 0.228 e. The molecule has 0 saturated heterocycles. The molecule has 142 valence electrons. The van der Waals surface area contributed by atoms with Gasteiger partial charge < -0.3 is 15.2 Å². The van der Waals surface area contributed by atoms with E-state index < -0.39 is 0 Å². The largest absolute Gasteiger partial charge is 0.356 e. The van der Waals surface area contributed by atoms with Gasteiger partial charge in [0.2, 0.25) is 5.89 Å². The number of nitrogens with one attached hydrogen (secondary N) is 2.